The van der Waals surface area contributed by atoms with Gasteiger partial charge in [0.2, 0.25) is 17.7 Å². The van der Waals surface area contributed by atoms with Crippen molar-refractivity contribution >= 4 is 29.1 Å². The third kappa shape index (κ3) is 3.29. The molecule has 5 rings (SSSR count). The minimum absolute atomic E-state index is 0.124. The molecule has 3 aliphatic heterocycles. The van der Waals surface area contributed by atoms with Crippen LogP contribution in [0, 0.1) is 11.8 Å². The molecule has 2 aromatic rings. The Morgan fingerprint density at radius 2 is 2.06 bits per heavy atom. The number of fused-ring (bicyclic) bond motifs is 1. The quantitative estimate of drug-likeness (QED) is 0.719. The van der Waals surface area contributed by atoms with Crippen LogP contribution in [0.1, 0.15) is 12.5 Å². The Morgan fingerprint density at radius 1 is 1.26 bits per heavy atom. The summed E-state index contributed by atoms with van der Waals surface area (Å²) in [4.78, 5) is 43.3. The third-order valence-electron chi connectivity index (χ3n) is 6.09. The predicted molar refractivity (Wildman–Crippen MR) is 113 cm³/mol. The average molecular weight is 418 g/mol. The summed E-state index contributed by atoms with van der Waals surface area (Å²) in [6, 6.07) is 10.8. The van der Waals surface area contributed by atoms with Crippen molar-refractivity contribution < 1.29 is 19.1 Å². The molecule has 3 aliphatic rings. The molecule has 2 saturated heterocycles. The second-order valence-electron chi connectivity index (χ2n) is 8.13. The Hall–Kier alpha value is -3.52. The smallest absolute Gasteiger partial charge is 0.234 e. The van der Waals surface area contributed by atoms with E-state index < -0.39 is 23.5 Å². The van der Waals surface area contributed by atoms with Gasteiger partial charge in [0.25, 0.3) is 0 Å². The SMILES string of the molecule is CC(=O)Nc1ccc(N2C[C@]34C=C[C@H](O3)C(C(=O)NCc3cccnc3)[C@@H]4C2=O)cc1. The van der Waals surface area contributed by atoms with E-state index in [1.165, 1.54) is 6.92 Å². The maximum Gasteiger partial charge on any atom is 0.234 e. The number of aromatic nitrogens is 1. The Kier molecular flexibility index (Phi) is 4.59. The molecule has 2 bridgehead atoms. The number of nitrogens with zero attached hydrogens (tertiary/aromatic N) is 2. The van der Waals surface area contributed by atoms with Gasteiger partial charge in [0.05, 0.1) is 24.5 Å². The van der Waals surface area contributed by atoms with Gasteiger partial charge in [-0.2, -0.15) is 0 Å². The van der Waals surface area contributed by atoms with E-state index >= 15 is 0 Å². The summed E-state index contributed by atoms with van der Waals surface area (Å²) in [7, 11) is 0. The number of carbonyl (C=O) groups is 3. The Labute approximate surface area is 179 Å². The lowest BCUT2D eigenvalue weighted by molar-refractivity contribution is -0.132. The molecule has 158 valence electrons. The van der Waals surface area contributed by atoms with Crippen LogP contribution in [-0.2, 0) is 25.7 Å². The molecule has 1 aromatic carbocycles. The van der Waals surface area contributed by atoms with Gasteiger partial charge < -0.3 is 20.3 Å². The van der Waals surface area contributed by atoms with E-state index in [1.807, 2.05) is 24.3 Å². The lowest BCUT2D eigenvalue weighted by Gasteiger charge is -2.23. The van der Waals surface area contributed by atoms with E-state index in [0.717, 1.165) is 5.56 Å². The molecule has 0 aliphatic carbocycles. The first-order chi connectivity index (χ1) is 15.0. The van der Waals surface area contributed by atoms with Crippen molar-refractivity contribution in [2.45, 2.75) is 25.2 Å². The third-order valence-corrected chi connectivity index (χ3v) is 6.09. The van der Waals surface area contributed by atoms with Crippen LogP contribution in [0.4, 0.5) is 11.4 Å². The number of amides is 3. The number of carbonyl (C=O) groups excluding carboxylic acids is 3. The molecule has 2 fully saturated rings. The molecule has 8 heteroatoms. The van der Waals surface area contributed by atoms with Gasteiger partial charge in [0.15, 0.2) is 0 Å². The lowest BCUT2D eigenvalue weighted by Crippen LogP contribution is -2.44. The van der Waals surface area contributed by atoms with Gasteiger partial charge in [-0.3, -0.25) is 19.4 Å². The van der Waals surface area contributed by atoms with Crippen LogP contribution in [0.25, 0.3) is 0 Å². The van der Waals surface area contributed by atoms with Gasteiger partial charge in [-0.1, -0.05) is 18.2 Å². The van der Waals surface area contributed by atoms with E-state index in [1.54, 1.807) is 41.6 Å². The molecule has 1 unspecified atom stereocenters. The van der Waals surface area contributed by atoms with Crippen molar-refractivity contribution in [3.8, 4) is 0 Å². The molecule has 4 heterocycles. The summed E-state index contributed by atoms with van der Waals surface area (Å²) in [5, 5.41) is 5.64. The fourth-order valence-electron chi connectivity index (χ4n) is 4.75. The van der Waals surface area contributed by atoms with Gasteiger partial charge in [0, 0.05) is 37.2 Å². The second-order valence-corrected chi connectivity index (χ2v) is 8.13. The maximum atomic E-state index is 13.4. The van der Waals surface area contributed by atoms with E-state index in [4.69, 9.17) is 4.74 Å². The maximum absolute atomic E-state index is 13.4. The van der Waals surface area contributed by atoms with E-state index in [-0.39, 0.29) is 17.7 Å². The van der Waals surface area contributed by atoms with Gasteiger partial charge in [-0.15, -0.1) is 0 Å². The van der Waals surface area contributed by atoms with Gasteiger partial charge in [-0.05, 0) is 35.9 Å². The molecule has 31 heavy (non-hydrogen) atoms. The first kappa shape index (κ1) is 19.4. The fraction of sp³-hybridized carbons (Fsp3) is 0.304. The molecule has 8 nitrogen and oxygen atoms in total. The van der Waals surface area contributed by atoms with Crippen LogP contribution in [0.15, 0.2) is 60.9 Å². The first-order valence-electron chi connectivity index (χ1n) is 10.2. The zero-order chi connectivity index (χ0) is 21.6. The number of pyridine rings is 1. The minimum atomic E-state index is -0.783. The largest absolute Gasteiger partial charge is 0.360 e. The summed E-state index contributed by atoms with van der Waals surface area (Å²) >= 11 is 0. The molecule has 4 atom stereocenters. The highest BCUT2D eigenvalue weighted by molar-refractivity contribution is 6.03. The highest BCUT2D eigenvalue weighted by Crippen LogP contribution is 2.52. The zero-order valence-corrected chi connectivity index (χ0v) is 16.9. The summed E-state index contributed by atoms with van der Waals surface area (Å²) in [6.45, 7) is 2.15. The summed E-state index contributed by atoms with van der Waals surface area (Å²) < 4.78 is 6.16. The average Bonchev–Trinajstić information content (AvgIpc) is 3.41. The molecule has 1 spiro atoms. The molecule has 3 amide bonds. The standard InChI is InChI=1S/C23H22N4O4/c1-14(28)26-16-4-6-17(7-5-16)27-13-23-9-8-18(31-23)19(20(23)22(27)30)21(29)25-12-15-3-2-10-24-11-15/h2-11,18-20H,12-13H2,1H3,(H,25,29)(H,26,28)/t18-,19?,20+,23-/m0/s1. The highest BCUT2D eigenvalue weighted by Gasteiger charge is 2.67. The molecular formula is C23H22N4O4. The first-order valence-corrected chi connectivity index (χ1v) is 10.2. The van der Waals surface area contributed by atoms with Gasteiger partial charge in [-0.25, -0.2) is 0 Å². The second kappa shape index (κ2) is 7.31. The number of benzene rings is 1. The Bertz CT molecular complexity index is 1070. The van der Waals surface area contributed by atoms with Crippen LogP contribution in [0.3, 0.4) is 0 Å². The summed E-state index contributed by atoms with van der Waals surface area (Å²) in [6.07, 6.45) is 6.80. The van der Waals surface area contributed by atoms with Crippen LogP contribution >= 0.6 is 0 Å². The number of hydrogen-bond donors (Lipinski definition) is 2. The normalized spacial score (nSPS) is 28.0. The number of ether oxygens (including phenoxy) is 1. The van der Waals surface area contributed by atoms with Crippen molar-refractivity contribution in [2.75, 3.05) is 16.8 Å². The van der Waals surface area contributed by atoms with E-state index in [0.29, 0.717) is 24.5 Å². The molecule has 0 radical (unpaired) electrons. The zero-order valence-electron chi connectivity index (χ0n) is 16.9. The number of hydrogen-bond acceptors (Lipinski definition) is 5. The minimum Gasteiger partial charge on any atom is -0.360 e. The fourth-order valence-corrected chi connectivity index (χ4v) is 4.75. The number of nitrogens with one attached hydrogen (secondary N) is 2. The van der Waals surface area contributed by atoms with Crippen molar-refractivity contribution in [3.05, 3.63) is 66.5 Å². The van der Waals surface area contributed by atoms with Crippen molar-refractivity contribution in [2.24, 2.45) is 11.8 Å². The van der Waals surface area contributed by atoms with Gasteiger partial charge in [0.1, 0.15) is 5.60 Å². The van der Waals surface area contributed by atoms with E-state index in [9.17, 15) is 14.4 Å². The van der Waals surface area contributed by atoms with Crippen LogP contribution in [0.2, 0.25) is 0 Å². The monoisotopic (exact) mass is 418 g/mol. The molecule has 2 N–H and O–H groups in total. The van der Waals surface area contributed by atoms with Gasteiger partial charge >= 0.3 is 0 Å². The molecular weight excluding hydrogens is 396 g/mol. The van der Waals surface area contributed by atoms with Crippen molar-refractivity contribution in [1.29, 1.82) is 0 Å². The van der Waals surface area contributed by atoms with Crippen LogP contribution in [-0.4, -0.2) is 41.0 Å². The Morgan fingerprint density at radius 3 is 2.77 bits per heavy atom. The van der Waals surface area contributed by atoms with Crippen molar-refractivity contribution in [3.63, 3.8) is 0 Å². The number of anilines is 2. The van der Waals surface area contributed by atoms with Crippen LogP contribution in [0.5, 0.6) is 0 Å². The van der Waals surface area contributed by atoms with Crippen LogP contribution < -0.4 is 15.5 Å². The summed E-state index contributed by atoms with van der Waals surface area (Å²) in [5.74, 6) is -1.61. The Balaban J connectivity index is 1.34. The number of rotatable bonds is 5. The van der Waals surface area contributed by atoms with Crippen molar-refractivity contribution in [1.82, 2.24) is 10.3 Å². The lowest BCUT2D eigenvalue weighted by atomic mass is 9.77. The highest BCUT2D eigenvalue weighted by atomic mass is 16.5. The summed E-state index contributed by atoms with van der Waals surface area (Å²) in [5.41, 5.74) is 1.47. The predicted octanol–water partition coefficient (Wildman–Crippen LogP) is 1.64. The molecule has 1 aromatic heterocycles. The topological polar surface area (TPSA) is 101 Å². The molecule has 0 saturated carbocycles. The van der Waals surface area contributed by atoms with E-state index in [2.05, 4.69) is 15.6 Å².